The number of ether oxygens (including phenoxy) is 1. The molecule has 0 saturated heterocycles. The lowest BCUT2D eigenvalue weighted by molar-refractivity contribution is -0.0287. The molecule has 0 radical (unpaired) electrons. The standard InChI is InChI=1S/C15H22N2O3/c1-3-20-12-5-6-13(11(2)9-12)17-14(18)16-10-15(19)7-4-8-15/h5-6,9,19H,3-4,7-8,10H2,1-2H3,(H2,16,17,18). The predicted molar refractivity (Wildman–Crippen MR) is 78.2 cm³/mol. The summed E-state index contributed by atoms with van der Waals surface area (Å²) in [6, 6.07) is 5.24. The summed E-state index contributed by atoms with van der Waals surface area (Å²) in [7, 11) is 0. The Balaban J connectivity index is 1.87. The first-order valence-corrected chi connectivity index (χ1v) is 7.03. The van der Waals surface area contributed by atoms with Crippen molar-refractivity contribution in [3.8, 4) is 5.75 Å². The molecule has 0 bridgehead atoms. The summed E-state index contributed by atoms with van der Waals surface area (Å²) in [4.78, 5) is 11.8. The van der Waals surface area contributed by atoms with E-state index < -0.39 is 5.60 Å². The molecule has 1 aromatic carbocycles. The third-order valence-corrected chi connectivity index (χ3v) is 3.62. The lowest BCUT2D eigenvalue weighted by Gasteiger charge is -2.36. The van der Waals surface area contributed by atoms with Crippen LogP contribution in [0.5, 0.6) is 5.75 Å². The van der Waals surface area contributed by atoms with Crippen LogP contribution in [0.1, 0.15) is 31.7 Å². The van der Waals surface area contributed by atoms with Gasteiger partial charge < -0.3 is 20.5 Å². The van der Waals surface area contributed by atoms with Gasteiger partial charge in [0.15, 0.2) is 0 Å². The molecule has 0 aromatic heterocycles. The number of aliphatic hydroxyl groups is 1. The lowest BCUT2D eigenvalue weighted by Crippen LogP contribution is -2.48. The van der Waals surface area contributed by atoms with Gasteiger partial charge in [-0.3, -0.25) is 0 Å². The van der Waals surface area contributed by atoms with Gasteiger partial charge in [0.05, 0.1) is 12.2 Å². The molecule has 0 heterocycles. The molecule has 0 aliphatic heterocycles. The van der Waals surface area contributed by atoms with Crippen molar-refractivity contribution in [1.29, 1.82) is 0 Å². The molecule has 0 atom stereocenters. The van der Waals surface area contributed by atoms with Crippen LogP contribution in [0.25, 0.3) is 0 Å². The van der Waals surface area contributed by atoms with Gasteiger partial charge in [0.25, 0.3) is 0 Å². The zero-order valence-electron chi connectivity index (χ0n) is 12.0. The highest BCUT2D eigenvalue weighted by Gasteiger charge is 2.34. The monoisotopic (exact) mass is 278 g/mol. The summed E-state index contributed by atoms with van der Waals surface area (Å²) < 4.78 is 5.40. The molecule has 110 valence electrons. The van der Waals surface area contributed by atoms with Gasteiger partial charge in [-0.2, -0.15) is 0 Å². The van der Waals surface area contributed by atoms with E-state index in [9.17, 15) is 9.90 Å². The van der Waals surface area contributed by atoms with E-state index in [1.807, 2.05) is 32.0 Å². The van der Waals surface area contributed by atoms with Crippen molar-refractivity contribution in [3.05, 3.63) is 23.8 Å². The normalized spacial score (nSPS) is 16.1. The molecule has 2 amide bonds. The Morgan fingerprint density at radius 1 is 1.45 bits per heavy atom. The van der Waals surface area contributed by atoms with Crippen LogP contribution >= 0.6 is 0 Å². The van der Waals surface area contributed by atoms with Crippen LogP contribution in [0.15, 0.2) is 18.2 Å². The minimum Gasteiger partial charge on any atom is -0.494 e. The summed E-state index contributed by atoms with van der Waals surface area (Å²) in [5, 5.41) is 15.4. The molecular weight excluding hydrogens is 256 g/mol. The largest absolute Gasteiger partial charge is 0.494 e. The number of anilines is 1. The van der Waals surface area contributed by atoms with Crippen LogP contribution in [-0.4, -0.2) is 29.9 Å². The van der Waals surface area contributed by atoms with Gasteiger partial charge in [0.2, 0.25) is 0 Å². The summed E-state index contributed by atoms with van der Waals surface area (Å²) in [6.07, 6.45) is 2.54. The van der Waals surface area contributed by atoms with Crippen molar-refractivity contribution in [1.82, 2.24) is 5.32 Å². The van der Waals surface area contributed by atoms with Crippen LogP contribution in [0.2, 0.25) is 0 Å². The van der Waals surface area contributed by atoms with E-state index in [0.29, 0.717) is 13.2 Å². The number of carbonyl (C=O) groups excluding carboxylic acids is 1. The SMILES string of the molecule is CCOc1ccc(NC(=O)NCC2(O)CCC2)c(C)c1. The average molecular weight is 278 g/mol. The molecule has 5 nitrogen and oxygen atoms in total. The maximum Gasteiger partial charge on any atom is 0.319 e. The molecule has 1 aliphatic carbocycles. The number of nitrogens with one attached hydrogen (secondary N) is 2. The van der Waals surface area contributed by atoms with Crippen LogP contribution < -0.4 is 15.4 Å². The van der Waals surface area contributed by atoms with Gasteiger partial charge in [0, 0.05) is 12.2 Å². The fourth-order valence-electron chi connectivity index (χ4n) is 2.21. The van der Waals surface area contributed by atoms with Crippen molar-refractivity contribution in [2.75, 3.05) is 18.5 Å². The van der Waals surface area contributed by atoms with E-state index in [1.54, 1.807) is 0 Å². The zero-order valence-corrected chi connectivity index (χ0v) is 12.0. The molecule has 1 saturated carbocycles. The lowest BCUT2D eigenvalue weighted by atomic mass is 9.80. The number of benzene rings is 1. The van der Waals surface area contributed by atoms with Crippen LogP contribution in [-0.2, 0) is 0 Å². The van der Waals surface area contributed by atoms with Gasteiger partial charge in [-0.1, -0.05) is 0 Å². The van der Waals surface area contributed by atoms with Crippen LogP contribution in [0.4, 0.5) is 10.5 Å². The first kappa shape index (κ1) is 14.7. The number of carbonyl (C=O) groups is 1. The first-order valence-electron chi connectivity index (χ1n) is 7.03. The van der Waals surface area contributed by atoms with Crippen LogP contribution in [0.3, 0.4) is 0 Å². The number of aryl methyl sites for hydroxylation is 1. The average Bonchev–Trinajstić information content (AvgIpc) is 2.38. The van der Waals surface area contributed by atoms with Gasteiger partial charge in [0.1, 0.15) is 5.75 Å². The Hall–Kier alpha value is -1.75. The second kappa shape index (κ2) is 6.13. The molecule has 1 fully saturated rings. The number of urea groups is 1. The van der Waals surface area contributed by atoms with E-state index in [4.69, 9.17) is 4.74 Å². The topological polar surface area (TPSA) is 70.6 Å². The maximum atomic E-state index is 11.8. The zero-order chi connectivity index (χ0) is 14.6. The molecule has 0 unspecified atom stereocenters. The molecule has 3 N–H and O–H groups in total. The minimum absolute atomic E-state index is 0.294. The fraction of sp³-hybridized carbons (Fsp3) is 0.533. The summed E-state index contributed by atoms with van der Waals surface area (Å²) in [5.74, 6) is 0.791. The fourth-order valence-corrected chi connectivity index (χ4v) is 2.21. The van der Waals surface area contributed by atoms with Crippen molar-refractivity contribution in [2.45, 2.75) is 38.7 Å². The van der Waals surface area contributed by atoms with Crippen LogP contribution in [0, 0.1) is 6.92 Å². The molecule has 2 rings (SSSR count). The number of amides is 2. The second-order valence-electron chi connectivity index (χ2n) is 5.30. The van der Waals surface area contributed by atoms with Crippen molar-refractivity contribution < 1.29 is 14.6 Å². The number of hydrogen-bond donors (Lipinski definition) is 3. The van der Waals surface area contributed by atoms with E-state index >= 15 is 0 Å². The Bertz CT molecular complexity index is 484. The Kier molecular flexibility index (Phi) is 4.49. The molecular formula is C15H22N2O3. The van der Waals surface area contributed by atoms with E-state index in [-0.39, 0.29) is 6.03 Å². The smallest absolute Gasteiger partial charge is 0.319 e. The number of hydrogen-bond acceptors (Lipinski definition) is 3. The Morgan fingerprint density at radius 2 is 2.20 bits per heavy atom. The first-order chi connectivity index (χ1) is 9.52. The van der Waals surface area contributed by atoms with Crippen molar-refractivity contribution >= 4 is 11.7 Å². The van der Waals surface area contributed by atoms with Crippen molar-refractivity contribution in [2.24, 2.45) is 0 Å². The summed E-state index contributed by atoms with van der Waals surface area (Å²) >= 11 is 0. The van der Waals surface area contributed by atoms with Gasteiger partial charge in [-0.15, -0.1) is 0 Å². The summed E-state index contributed by atoms with van der Waals surface area (Å²) in [6.45, 7) is 4.76. The molecule has 1 aliphatic rings. The highest BCUT2D eigenvalue weighted by Crippen LogP contribution is 2.30. The van der Waals surface area contributed by atoms with Crippen molar-refractivity contribution in [3.63, 3.8) is 0 Å². The molecule has 0 spiro atoms. The summed E-state index contributed by atoms with van der Waals surface area (Å²) in [5.41, 5.74) is 0.977. The molecule has 1 aromatic rings. The Morgan fingerprint density at radius 3 is 2.75 bits per heavy atom. The molecule has 5 heteroatoms. The van der Waals surface area contributed by atoms with E-state index in [0.717, 1.165) is 36.3 Å². The maximum absolute atomic E-state index is 11.8. The number of rotatable bonds is 5. The third-order valence-electron chi connectivity index (χ3n) is 3.62. The predicted octanol–water partition coefficient (Wildman–Crippen LogP) is 2.43. The van der Waals surface area contributed by atoms with E-state index in [1.165, 1.54) is 0 Å². The second-order valence-corrected chi connectivity index (χ2v) is 5.30. The highest BCUT2D eigenvalue weighted by atomic mass is 16.5. The van der Waals surface area contributed by atoms with E-state index in [2.05, 4.69) is 10.6 Å². The van der Waals surface area contributed by atoms with Gasteiger partial charge in [-0.05, 0) is 56.9 Å². The highest BCUT2D eigenvalue weighted by molar-refractivity contribution is 5.90. The molecule has 20 heavy (non-hydrogen) atoms. The third kappa shape index (κ3) is 3.63. The Labute approximate surface area is 119 Å². The van der Waals surface area contributed by atoms with Gasteiger partial charge in [-0.25, -0.2) is 4.79 Å². The minimum atomic E-state index is -0.703. The van der Waals surface area contributed by atoms with Gasteiger partial charge >= 0.3 is 6.03 Å². The quantitative estimate of drug-likeness (QED) is 0.774.